The summed E-state index contributed by atoms with van der Waals surface area (Å²) in [5.41, 5.74) is 10.6. The lowest BCUT2D eigenvalue weighted by Gasteiger charge is -2.28. The molecule has 4 N–H and O–H groups in total. The van der Waals surface area contributed by atoms with Crippen molar-refractivity contribution in [3.8, 4) is 0 Å². The molecule has 4 rings (SSSR count). The SMILES string of the molecule is CS/C=C(\N)c1ccc(Cc2cc(C(=O)N[C@H]3CCCCC3O)nc3ccccc23)cn1. The van der Waals surface area contributed by atoms with Crippen molar-refractivity contribution in [3.05, 3.63) is 76.6 Å². The highest BCUT2D eigenvalue weighted by Crippen LogP contribution is 2.23. The molecule has 1 saturated carbocycles. The van der Waals surface area contributed by atoms with Gasteiger partial charge in [0.15, 0.2) is 0 Å². The number of aliphatic hydroxyl groups excluding tert-OH is 1. The Bertz CT molecular complexity index is 1130. The molecule has 1 fully saturated rings. The molecule has 1 aliphatic rings. The molecule has 7 heteroatoms. The highest BCUT2D eigenvalue weighted by molar-refractivity contribution is 8.01. The molecule has 0 bridgehead atoms. The molecular formula is C25H28N4O2S. The summed E-state index contributed by atoms with van der Waals surface area (Å²) in [6.45, 7) is 0. The monoisotopic (exact) mass is 448 g/mol. The minimum Gasteiger partial charge on any atom is -0.397 e. The molecule has 0 spiro atoms. The van der Waals surface area contributed by atoms with E-state index in [-0.39, 0.29) is 11.9 Å². The van der Waals surface area contributed by atoms with Gasteiger partial charge in [0.1, 0.15) is 5.69 Å². The third-order valence-electron chi connectivity index (χ3n) is 5.84. The lowest BCUT2D eigenvalue weighted by atomic mass is 9.92. The van der Waals surface area contributed by atoms with Crippen molar-refractivity contribution < 1.29 is 9.90 Å². The summed E-state index contributed by atoms with van der Waals surface area (Å²) in [4.78, 5) is 22.0. The van der Waals surface area contributed by atoms with Crippen molar-refractivity contribution in [2.45, 2.75) is 44.2 Å². The van der Waals surface area contributed by atoms with E-state index < -0.39 is 6.10 Å². The van der Waals surface area contributed by atoms with Crippen molar-refractivity contribution in [2.24, 2.45) is 5.73 Å². The molecule has 32 heavy (non-hydrogen) atoms. The van der Waals surface area contributed by atoms with Crippen LogP contribution in [0.5, 0.6) is 0 Å². The fourth-order valence-electron chi connectivity index (χ4n) is 4.14. The molecule has 0 radical (unpaired) electrons. The lowest BCUT2D eigenvalue weighted by molar-refractivity contribution is 0.0714. The van der Waals surface area contributed by atoms with Crippen molar-refractivity contribution in [1.29, 1.82) is 0 Å². The number of amides is 1. The van der Waals surface area contributed by atoms with Crippen LogP contribution in [0.25, 0.3) is 16.6 Å². The zero-order valence-electron chi connectivity index (χ0n) is 18.1. The Kier molecular flexibility index (Phi) is 7.07. The second-order valence-corrected chi connectivity index (χ2v) is 8.86. The predicted octanol–water partition coefficient (Wildman–Crippen LogP) is 3.87. The predicted molar refractivity (Wildman–Crippen MR) is 130 cm³/mol. The molecule has 1 amide bonds. The Morgan fingerprint density at radius 1 is 1.22 bits per heavy atom. The number of thioether (sulfide) groups is 1. The fraction of sp³-hybridized carbons (Fsp3) is 0.320. The molecule has 1 aromatic carbocycles. The molecule has 2 atom stereocenters. The summed E-state index contributed by atoms with van der Waals surface area (Å²) >= 11 is 1.54. The van der Waals surface area contributed by atoms with Crippen LogP contribution in [0, 0.1) is 0 Å². The first-order valence-electron chi connectivity index (χ1n) is 10.9. The number of hydrogen-bond acceptors (Lipinski definition) is 6. The van der Waals surface area contributed by atoms with Gasteiger partial charge in [-0.2, -0.15) is 0 Å². The van der Waals surface area contributed by atoms with Gasteiger partial charge in [-0.1, -0.05) is 37.1 Å². The molecular weight excluding hydrogens is 420 g/mol. The summed E-state index contributed by atoms with van der Waals surface area (Å²) in [5.74, 6) is -0.244. The standard InChI is InChI=1S/C25H28N4O2S/c1-32-15-19(26)21-11-10-16(14-27-21)12-17-13-23(28-20-7-3-2-6-18(17)20)25(31)29-22-8-4-5-9-24(22)30/h2-3,6-7,10-11,13-15,22,24,30H,4-5,8-9,12,26H2,1H3,(H,29,31)/b19-15-/t22-,24?/m0/s1. The van der Waals surface area contributed by atoms with Crippen LogP contribution in [0.4, 0.5) is 0 Å². The molecule has 0 aliphatic heterocycles. The smallest absolute Gasteiger partial charge is 0.270 e. The first-order valence-corrected chi connectivity index (χ1v) is 12.2. The number of nitrogens with zero attached hydrogens (tertiary/aromatic N) is 2. The quantitative estimate of drug-likeness (QED) is 0.529. The van der Waals surface area contributed by atoms with E-state index in [2.05, 4.69) is 15.3 Å². The summed E-state index contributed by atoms with van der Waals surface area (Å²) in [6, 6.07) is 13.4. The topological polar surface area (TPSA) is 101 Å². The van der Waals surface area contributed by atoms with Crippen molar-refractivity contribution in [1.82, 2.24) is 15.3 Å². The van der Waals surface area contributed by atoms with Gasteiger partial charge in [0.25, 0.3) is 5.91 Å². The number of carbonyl (C=O) groups excluding carboxylic acids is 1. The first-order chi connectivity index (χ1) is 15.5. The van der Waals surface area contributed by atoms with Crippen LogP contribution in [-0.2, 0) is 6.42 Å². The number of carbonyl (C=O) groups is 1. The van der Waals surface area contributed by atoms with Gasteiger partial charge in [-0.15, -0.1) is 11.8 Å². The highest BCUT2D eigenvalue weighted by Gasteiger charge is 2.25. The largest absolute Gasteiger partial charge is 0.397 e. The summed E-state index contributed by atoms with van der Waals surface area (Å²) in [5, 5.41) is 16.1. The van der Waals surface area contributed by atoms with E-state index in [0.29, 0.717) is 17.8 Å². The number of benzene rings is 1. The molecule has 2 heterocycles. The first kappa shape index (κ1) is 22.3. The number of para-hydroxylation sites is 1. The van der Waals surface area contributed by atoms with E-state index in [1.165, 1.54) is 0 Å². The lowest BCUT2D eigenvalue weighted by Crippen LogP contribution is -2.45. The van der Waals surface area contributed by atoms with Crippen LogP contribution in [0.15, 0.2) is 54.1 Å². The number of nitrogens with two attached hydrogens (primary N) is 1. The van der Waals surface area contributed by atoms with E-state index in [9.17, 15) is 9.90 Å². The Balaban J connectivity index is 1.61. The van der Waals surface area contributed by atoms with Gasteiger partial charge < -0.3 is 16.2 Å². The number of aliphatic hydroxyl groups is 1. The fourth-order valence-corrected chi connectivity index (χ4v) is 4.51. The van der Waals surface area contributed by atoms with Gasteiger partial charge in [0, 0.05) is 11.6 Å². The third-order valence-corrected chi connectivity index (χ3v) is 6.33. The third kappa shape index (κ3) is 5.11. The normalized spacial score (nSPS) is 19.1. The number of rotatable bonds is 6. The van der Waals surface area contributed by atoms with Crippen LogP contribution in [-0.4, -0.2) is 39.4 Å². The highest BCUT2D eigenvalue weighted by atomic mass is 32.2. The molecule has 1 aliphatic carbocycles. The molecule has 3 aromatic rings. The summed E-state index contributed by atoms with van der Waals surface area (Å²) in [6.07, 6.45) is 7.43. The Labute approximate surface area is 192 Å². The van der Waals surface area contributed by atoms with Gasteiger partial charge in [0.2, 0.25) is 0 Å². The number of aromatic nitrogens is 2. The van der Waals surface area contributed by atoms with Crippen molar-refractivity contribution >= 4 is 34.3 Å². The number of fused-ring (bicyclic) bond motifs is 1. The minimum absolute atomic E-state index is 0.218. The average molecular weight is 449 g/mol. The summed E-state index contributed by atoms with van der Waals surface area (Å²) in [7, 11) is 0. The number of nitrogens with one attached hydrogen (secondary N) is 1. The molecule has 1 unspecified atom stereocenters. The van der Waals surface area contributed by atoms with E-state index in [1.807, 2.05) is 60.3 Å². The summed E-state index contributed by atoms with van der Waals surface area (Å²) < 4.78 is 0. The van der Waals surface area contributed by atoms with E-state index in [1.54, 1.807) is 11.8 Å². The maximum atomic E-state index is 13.0. The molecule has 6 nitrogen and oxygen atoms in total. The zero-order chi connectivity index (χ0) is 22.5. The Morgan fingerprint density at radius 2 is 2.03 bits per heavy atom. The van der Waals surface area contributed by atoms with E-state index >= 15 is 0 Å². The van der Waals surface area contributed by atoms with Gasteiger partial charge in [0.05, 0.1) is 29.1 Å². The van der Waals surface area contributed by atoms with Crippen LogP contribution in [0.1, 0.15) is 53.0 Å². The maximum absolute atomic E-state index is 13.0. The van der Waals surface area contributed by atoms with Gasteiger partial charge >= 0.3 is 0 Å². The molecule has 166 valence electrons. The van der Waals surface area contributed by atoms with Gasteiger partial charge in [-0.25, -0.2) is 4.98 Å². The Morgan fingerprint density at radius 3 is 2.78 bits per heavy atom. The van der Waals surface area contributed by atoms with Crippen molar-refractivity contribution in [2.75, 3.05) is 6.26 Å². The van der Waals surface area contributed by atoms with Crippen LogP contribution >= 0.6 is 11.8 Å². The number of hydrogen-bond donors (Lipinski definition) is 3. The minimum atomic E-state index is -0.496. The molecule has 0 saturated heterocycles. The van der Waals surface area contributed by atoms with Crippen LogP contribution in [0.3, 0.4) is 0 Å². The van der Waals surface area contributed by atoms with Crippen LogP contribution < -0.4 is 11.1 Å². The molecule has 2 aromatic heterocycles. The van der Waals surface area contributed by atoms with Gasteiger partial charge in [-0.05, 0) is 60.3 Å². The second-order valence-electron chi connectivity index (χ2n) is 8.15. The van der Waals surface area contributed by atoms with Crippen molar-refractivity contribution in [3.63, 3.8) is 0 Å². The van der Waals surface area contributed by atoms with Gasteiger partial charge in [-0.3, -0.25) is 9.78 Å². The van der Waals surface area contributed by atoms with E-state index in [4.69, 9.17) is 5.73 Å². The second kappa shape index (κ2) is 10.1. The maximum Gasteiger partial charge on any atom is 0.270 e. The average Bonchev–Trinajstić information content (AvgIpc) is 2.81. The number of pyridine rings is 2. The van der Waals surface area contributed by atoms with E-state index in [0.717, 1.165) is 53.4 Å². The van der Waals surface area contributed by atoms with Crippen LogP contribution in [0.2, 0.25) is 0 Å². The zero-order valence-corrected chi connectivity index (χ0v) is 18.9. The Hall–Kier alpha value is -2.90.